The third-order valence-electron chi connectivity index (χ3n) is 2.66. The number of rotatable bonds is 4. The standard InChI is InChI=1S/C12H11BrClNO3S2/c1-7-9(14)3-2-4-10(7)15-20(17,18)11-5-8(6-16)19-12(11)13/h2-5,15-16H,6H2,1H3. The van der Waals surface area contributed by atoms with Crippen molar-refractivity contribution in [1.29, 1.82) is 0 Å². The predicted molar refractivity (Wildman–Crippen MR) is 84.9 cm³/mol. The Labute approximate surface area is 134 Å². The van der Waals surface area contributed by atoms with Crippen LogP contribution in [0.25, 0.3) is 0 Å². The Bertz CT molecular complexity index is 743. The molecule has 0 aliphatic heterocycles. The minimum Gasteiger partial charge on any atom is -0.391 e. The van der Waals surface area contributed by atoms with Crippen LogP contribution in [0.5, 0.6) is 0 Å². The molecule has 0 amide bonds. The number of hydrogen-bond donors (Lipinski definition) is 2. The summed E-state index contributed by atoms with van der Waals surface area (Å²) < 4.78 is 27.7. The average molecular weight is 397 g/mol. The van der Waals surface area contributed by atoms with Gasteiger partial charge in [-0.3, -0.25) is 4.72 Å². The third kappa shape index (κ3) is 3.17. The van der Waals surface area contributed by atoms with Crippen LogP contribution < -0.4 is 4.72 Å². The lowest BCUT2D eigenvalue weighted by molar-refractivity contribution is 0.285. The van der Waals surface area contributed by atoms with Crippen molar-refractivity contribution in [2.75, 3.05) is 4.72 Å². The molecule has 0 aliphatic carbocycles. The largest absolute Gasteiger partial charge is 0.391 e. The molecule has 0 aliphatic rings. The van der Waals surface area contributed by atoms with Crippen molar-refractivity contribution in [3.8, 4) is 0 Å². The maximum absolute atomic E-state index is 12.4. The molecule has 8 heteroatoms. The first-order valence-electron chi connectivity index (χ1n) is 5.52. The monoisotopic (exact) mass is 395 g/mol. The van der Waals surface area contributed by atoms with Crippen molar-refractivity contribution < 1.29 is 13.5 Å². The summed E-state index contributed by atoms with van der Waals surface area (Å²) in [6.45, 7) is 1.54. The van der Waals surface area contributed by atoms with Crippen LogP contribution in [0.2, 0.25) is 5.02 Å². The van der Waals surface area contributed by atoms with Gasteiger partial charge >= 0.3 is 0 Å². The van der Waals surface area contributed by atoms with E-state index < -0.39 is 10.0 Å². The quantitative estimate of drug-likeness (QED) is 0.827. The van der Waals surface area contributed by atoms with E-state index in [0.717, 1.165) is 0 Å². The highest BCUT2D eigenvalue weighted by molar-refractivity contribution is 9.11. The molecule has 4 nitrogen and oxygen atoms in total. The van der Waals surface area contributed by atoms with Gasteiger partial charge in [-0.2, -0.15) is 0 Å². The Balaban J connectivity index is 2.40. The maximum atomic E-state index is 12.4. The lowest BCUT2D eigenvalue weighted by Gasteiger charge is -2.10. The van der Waals surface area contributed by atoms with Crippen LogP contribution in [0.4, 0.5) is 5.69 Å². The third-order valence-corrected chi connectivity index (χ3v) is 6.68. The fourth-order valence-corrected chi connectivity index (χ4v) is 5.42. The summed E-state index contributed by atoms with van der Waals surface area (Å²) in [5, 5.41) is 9.56. The van der Waals surface area contributed by atoms with E-state index in [0.29, 0.717) is 24.9 Å². The molecular weight excluding hydrogens is 386 g/mol. The smallest absolute Gasteiger partial charge is 0.263 e. The second-order valence-electron chi connectivity index (χ2n) is 4.03. The Morgan fingerprint density at radius 3 is 2.75 bits per heavy atom. The van der Waals surface area contributed by atoms with Gasteiger partial charge in [-0.1, -0.05) is 17.7 Å². The minimum absolute atomic E-state index is 0.103. The first-order valence-corrected chi connectivity index (χ1v) is 8.99. The van der Waals surface area contributed by atoms with Crippen molar-refractivity contribution in [2.45, 2.75) is 18.4 Å². The highest BCUT2D eigenvalue weighted by Crippen LogP contribution is 2.33. The van der Waals surface area contributed by atoms with E-state index in [2.05, 4.69) is 20.7 Å². The first-order chi connectivity index (χ1) is 9.35. The molecule has 0 saturated heterocycles. The predicted octanol–water partition coefficient (Wildman–Crippen LogP) is 3.77. The van der Waals surface area contributed by atoms with Gasteiger partial charge in [0.15, 0.2) is 0 Å². The zero-order chi connectivity index (χ0) is 14.9. The molecule has 0 fully saturated rings. The van der Waals surface area contributed by atoms with Gasteiger partial charge in [-0.25, -0.2) is 8.42 Å². The molecule has 0 radical (unpaired) electrons. The average Bonchev–Trinajstić information content (AvgIpc) is 2.77. The molecule has 1 aromatic carbocycles. The highest BCUT2D eigenvalue weighted by atomic mass is 79.9. The summed E-state index contributed by atoms with van der Waals surface area (Å²) in [7, 11) is -3.73. The van der Waals surface area contributed by atoms with Crippen LogP contribution in [0.1, 0.15) is 10.4 Å². The Hall–Kier alpha value is -0.600. The summed E-state index contributed by atoms with van der Waals surface area (Å²) in [5.74, 6) is 0. The van der Waals surface area contributed by atoms with Gasteiger partial charge in [-0.05, 0) is 46.6 Å². The molecule has 20 heavy (non-hydrogen) atoms. The molecule has 0 spiro atoms. The number of aliphatic hydroxyl groups excluding tert-OH is 1. The van der Waals surface area contributed by atoms with Crippen LogP contribution in [0, 0.1) is 6.92 Å². The van der Waals surface area contributed by atoms with Crippen molar-refractivity contribution in [3.05, 3.63) is 43.5 Å². The first kappa shape index (κ1) is 15.8. The summed E-state index contributed by atoms with van der Waals surface area (Å²) in [4.78, 5) is 0.672. The van der Waals surface area contributed by atoms with E-state index in [-0.39, 0.29) is 11.5 Å². The number of anilines is 1. The Morgan fingerprint density at radius 2 is 2.15 bits per heavy atom. The molecule has 2 aromatic rings. The summed E-state index contributed by atoms with van der Waals surface area (Å²) in [6, 6.07) is 6.46. The van der Waals surface area contributed by atoms with Crippen LogP contribution in [-0.2, 0) is 16.6 Å². The Morgan fingerprint density at radius 1 is 1.45 bits per heavy atom. The van der Waals surface area contributed by atoms with Gasteiger partial charge < -0.3 is 5.11 Å². The molecule has 2 N–H and O–H groups in total. The van der Waals surface area contributed by atoms with Crippen molar-refractivity contribution in [3.63, 3.8) is 0 Å². The zero-order valence-electron chi connectivity index (χ0n) is 10.4. The van der Waals surface area contributed by atoms with Crippen molar-refractivity contribution >= 4 is 54.6 Å². The number of hydrogen-bond acceptors (Lipinski definition) is 4. The molecular formula is C12H11BrClNO3S2. The van der Waals surface area contributed by atoms with E-state index in [1.165, 1.54) is 17.4 Å². The lowest BCUT2D eigenvalue weighted by atomic mass is 10.2. The molecule has 0 atom stereocenters. The number of sulfonamides is 1. The second kappa shape index (κ2) is 6.03. The maximum Gasteiger partial charge on any atom is 0.263 e. The van der Waals surface area contributed by atoms with Gasteiger partial charge in [0.25, 0.3) is 10.0 Å². The number of halogens is 2. The van der Waals surface area contributed by atoms with Crippen LogP contribution in [0.3, 0.4) is 0 Å². The van der Waals surface area contributed by atoms with E-state index in [4.69, 9.17) is 16.7 Å². The van der Waals surface area contributed by atoms with E-state index in [9.17, 15) is 8.42 Å². The molecule has 2 rings (SSSR count). The van der Waals surface area contributed by atoms with Crippen LogP contribution in [-0.4, -0.2) is 13.5 Å². The number of benzene rings is 1. The molecule has 0 bridgehead atoms. The van der Waals surface area contributed by atoms with Gasteiger partial charge in [0.2, 0.25) is 0 Å². The SMILES string of the molecule is Cc1c(Cl)cccc1NS(=O)(=O)c1cc(CO)sc1Br. The lowest BCUT2D eigenvalue weighted by Crippen LogP contribution is -2.13. The van der Waals surface area contributed by atoms with Crippen molar-refractivity contribution in [1.82, 2.24) is 0 Å². The van der Waals surface area contributed by atoms with Gasteiger partial charge in [-0.15, -0.1) is 11.3 Å². The second-order valence-corrected chi connectivity index (χ2v) is 8.54. The van der Waals surface area contributed by atoms with E-state index in [1.807, 2.05) is 0 Å². The number of aliphatic hydroxyl groups is 1. The fraction of sp³-hybridized carbons (Fsp3) is 0.167. The number of nitrogens with one attached hydrogen (secondary N) is 1. The van der Waals surface area contributed by atoms with E-state index >= 15 is 0 Å². The number of thiophene rings is 1. The van der Waals surface area contributed by atoms with E-state index in [1.54, 1.807) is 25.1 Å². The van der Waals surface area contributed by atoms with Gasteiger partial charge in [0.1, 0.15) is 4.90 Å². The van der Waals surface area contributed by atoms with Gasteiger partial charge in [0.05, 0.1) is 16.1 Å². The Kier molecular flexibility index (Phi) is 4.76. The molecule has 1 aromatic heterocycles. The van der Waals surface area contributed by atoms with Gasteiger partial charge in [0, 0.05) is 9.90 Å². The fourth-order valence-electron chi connectivity index (χ4n) is 1.58. The molecule has 108 valence electrons. The van der Waals surface area contributed by atoms with Crippen LogP contribution in [0.15, 0.2) is 32.9 Å². The van der Waals surface area contributed by atoms with Crippen LogP contribution >= 0.6 is 38.9 Å². The minimum atomic E-state index is -3.73. The summed E-state index contributed by atoms with van der Waals surface area (Å²) in [5.41, 5.74) is 1.09. The zero-order valence-corrected chi connectivity index (χ0v) is 14.3. The summed E-state index contributed by atoms with van der Waals surface area (Å²) >= 11 is 10.4. The topological polar surface area (TPSA) is 66.4 Å². The summed E-state index contributed by atoms with van der Waals surface area (Å²) in [6.07, 6.45) is 0. The molecule has 0 unspecified atom stereocenters. The van der Waals surface area contributed by atoms with Crippen molar-refractivity contribution in [2.24, 2.45) is 0 Å². The normalized spacial score (nSPS) is 11.6. The molecule has 1 heterocycles. The highest BCUT2D eigenvalue weighted by Gasteiger charge is 2.21. The molecule has 0 saturated carbocycles.